The normalized spacial score (nSPS) is 16.9. The number of allylic oxidation sites excluding steroid dienone is 3. The molecule has 0 spiro atoms. The van der Waals surface area contributed by atoms with Gasteiger partial charge in [0.2, 0.25) is 15.7 Å². The highest BCUT2D eigenvalue weighted by atomic mass is 32.2. The van der Waals surface area contributed by atoms with Gasteiger partial charge in [-0.3, -0.25) is 9.69 Å². The van der Waals surface area contributed by atoms with Crippen molar-refractivity contribution < 1.29 is 17.6 Å². The van der Waals surface area contributed by atoms with Gasteiger partial charge in [0.15, 0.2) is 0 Å². The second-order valence-corrected chi connectivity index (χ2v) is 8.82. The maximum absolute atomic E-state index is 13.6. The number of nitrogens with zero attached hydrogens (tertiary/aromatic N) is 1. The lowest BCUT2D eigenvalue weighted by atomic mass is 10.2. The van der Waals surface area contributed by atoms with Gasteiger partial charge in [0.25, 0.3) is 0 Å². The van der Waals surface area contributed by atoms with Crippen LogP contribution in [0, 0.1) is 5.82 Å². The Morgan fingerprint density at radius 2 is 2.14 bits per heavy atom. The van der Waals surface area contributed by atoms with Crippen LogP contribution in [-0.2, 0) is 14.6 Å². The topological polar surface area (TPSA) is 78.5 Å². The third-order valence-electron chi connectivity index (χ3n) is 4.49. The first-order valence-corrected chi connectivity index (χ1v) is 11.0. The maximum Gasteiger partial charge on any atom is 0.220 e. The van der Waals surface area contributed by atoms with E-state index in [0.29, 0.717) is 12.2 Å². The van der Waals surface area contributed by atoms with Crippen LogP contribution in [0.5, 0.6) is 0 Å². The highest BCUT2D eigenvalue weighted by Crippen LogP contribution is 2.25. The summed E-state index contributed by atoms with van der Waals surface area (Å²) in [4.78, 5) is 13.8. The lowest BCUT2D eigenvalue weighted by Crippen LogP contribution is -2.29. The van der Waals surface area contributed by atoms with Gasteiger partial charge in [-0.1, -0.05) is 24.8 Å². The molecule has 8 heteroatoms. The maximum atomic E-state index is 13.6. The molecule has 1 aromatic rings. The van der Waals surface area contributed by atoms with Crippen LogP contribution < -0.4 is 10.6 Å². The smallest absolute Gasteiger partial charge is 0.220 e. The average Bonchev–Trinajstić information content (AvgIpc) is 2.94. The van der Waals surface area contributed by atoms with Crippen molar-refractivity contribution in [1.29, 1.82) is 0 Å². The molecule has 0 radical (unpaired) electrons. The number of halogens is 1. The van der Waals surface area contributed by atoms with Crippen LogP contribution in [0.3, 0.4) is 0 Å². The van der Waals surface area contributed by atoms with Crippen molar-refractivity contribution in [2.45, 2.75) is 24.7 Å². The number of carbonyl (C=O) groups is 1. The summed E-state index contributed by atoms with van der Waals surface area (Å²) in [5, 5.41) is 6.05. The Bertz CT molecular complexity index is 886. The summed E-state index contributed by atoms with van der Waals surface area (Å²) >= 11 is 0. The van der Waals surface area contributed by atoms with E-state index in [2.05, 4.69) is 22.1 Å². The summed E-state index contributed by atoms with van der Waals surface area (Å²) < 4.78 is 39.6. The molecule has 6 nitrogen and oxygen atoms in total. The minimum absolute atomic E-state index is 0.0173. The van der Waals surface area contributed by atoms with E-state index in [0.717, 1.165) is 38.7 Å². The van der Waals surface area contributed by atoms with E-state index in [-0.39, 0.29) is 22.1 Å². The van der Waals surface area contributed by atoms with Crippen LogP contribution in [0.25, 0.3) is 0 Å². The first-order chi connectivity index (χ1) is 13.8. The van der Waals surface area contributed by atoms with Crippen LogP contribution in [0.2, 0.25) is 0 Å². The van der Waals surface area contributed by atoms with Crippen molar-refractivity contribution in [1.82, 2.24) is 15.5 Å². The predicted octanol–water partition coefficient (Wildman–Crippen LogP) is 2.37. The third-order valence-corrected chi connectivity index (χ3v) is 6.33. The summed E-state index contributed by atoms with van der Waals surface area (Å²) in [7, 11) is -3.93. The van der Waals surface area contributed by atoms with Gasteiger partial charge in [-0.05, 0) is 43.8 Å². The Kier molecular flexibility index (Phi) is 8.75. The number of hydrogen-bond acceptors (Lipinski definition) is 5. The number of carbonyl (C=O) groups excluding carboxylic acids is 1. The fourth-order valence-electron chi connectivity index (χ4n) is 3.07. The Morgan fingerprint density at radius 1 is 1.34 bits per heavy atom. The molecular weight excluding hydrogens is 393 g/mol. The number of sulfone groups is 1. The fourth-order valence-corrected chi connectivity index (χ4v) is 4.51. The zero-order valence-electron chi connectivity index (χ0n) is 16.7. The lowest BCUT2D eigenvalue weighted by molar-refractivity contribution is -0.118. The van der Waals surface area contributed by atoms with Crippen LogP contribution in [0.4, 0.5) is 4.39 Å². The number of hydrogen-bond donors (Lipinski definition) is 2. The lowest BCUT2D eigenvalue weighted by Gasteiger charge is -2.19. The second kappa shape index (κ2) is 11.0. The minimum atomic E-state index is -3.93. The molecule has 0 unspecified atom stereocenters. The highest BCUT2D eigenvalue weighted by molar-refractivity contribution is 7.95. The molecule has 0 aliphatic carbocycles. The number of rotatable bonds is 8. The molecule has 1 heterocycles. The molecule has 0 aromatic heterocycles. The molecule has 1 aliphatic rings. The molecule has 0 bridgehead atoms. The second-order valence-electron chi connectivity index (χ2n) is 6.82. The quantitative estimate of drug-likeness (QED) is 0.630. The fraction of sp³-hybridized carbons (Fsp3) is 0.381. The Labute approximate surface area is 172 Å². The van der Waals surface area contributed by atoms with Crippen molar-refractivity contribution in [3.8, 4) is 0 Å². The van der Waals surface area contributed by atoms with E-state index in [4.69, 9.17) is 0 Å². The van der Waals surface area contributed by atoms with Crippen LogP contribution >= 0.6 is 0 Å². The van der Waals surface area contributed by atoms with Gasteiger partial charge in [-0.25, -0.2) is 12.8 Å². The summed E-state index contributed by atoms with van der Waals surface area (Å²) in [6.07, 6.45) is 5.60. The third kappa shape index (κ3) is 7.23. The Hall–Kier alpha value is -2.29. The largest absolute Gasteiger partial charge is 0.330 e. The number of benzene rings is 1. The molecule has 1 fully saturated rings. The van der Waals surface area contributed by atoms with Crippen molar-refractivity contribution in [2.75, 3.05) is 32.7 Å². The monoisotopic (exact) mass is 421 g/mol. The Morgan fingerprint density at radius 3 is 2.83 bits per heavy atom. The summed E-state index contributed by atoms with van der Waals surface area (Å²) in [5.41, 5.74) is 0.489. The van der Waals surface area contributed by atoms with E-state index in [1.54, 1.807) is 0 Å². The molecule has 158 valence electrons. The molecule has 1 aromatic carbocycles. The van der Waals surface area contributed by atoms with Crippen molar-refractivity contribution in [2.24, 2.45) is 0 Å². The van der Waals surface area contributed by atoms with Gasteiger partial charge >= 0.3 is 0 Å². The summed E-state index contributed by atoms with van der Waals surface area (Å²) in [6, 6.07) is 4.87. The first-order valence-electron chi connectivity index (χ1n) is 9.55. The Balaban J connectivity index is 2.27. The van der Waals surface area contributed by atoms with Crippen LogP contribution in [-0.4, -0.2) is 51.9 Å². The van der Waals surface area contributed by atoms with Crippen LogP contribution in [0.1, 0.15) is 19.8 Å². The van der Waals surface area contributed by atoms with E-state index in [1.807, 2.05) is 6.08 Å². The van der Waals surface area contributed by atoms with Gasteiger partial charge in [-0.15, -0.1) is 0 Å². The standard InChI is InChI=1S/C21H28FN3O3S/c1-3-6-20(29(27,28)21-8-4-7-18(22)15-21)16-19(24-17(2)26)9-13-25-12-5-10-23-11-14-25/h3-4,6-9,15,23H,1,5,10-14,16H2,2H3,(H,24,26)/b19-9+,20-6+. The zero-order valence-corrected chi connectivity index (χ0v) is 17.5. The molecule has 1 aliphatic heterocycles. The minimum Gasteiger partial charge on any atom is -0.330 e. The van der Waals surface area contributed by atoms with Gasteiger partial charge in [0, 0.05) is 38.7 Å². The number of nitrogens with one attached hydrogen (secondary N) is 2. The van der Waals surface area contributed by atoms with Gasteiger partial charge < -0.3 is 10.6 Å². The molecule has 29 heavy (non-hydrogen) atoms. The average molecular weight is 422 g/mol. The molecule has 2 N–H and O–H groups in total. The van der Waals surface area contributed by atoms with Gasteiger partial charge in [-0.2, -0.15) is 0 Å². The SMILES string of the molecule is C=C/C=C(\C/C(=C\CN1CCCNCC1)NC(C)=O)S(=O)(=O)c1cccc(F)c1. The van der Waals surface area contributed by atoms with Crippen molar-refractivity contribution in [3.63, 3.8) is 0 Å². The molecule has 1 saturated heterocycles. The molecule has 0 atom stereocenters. The highest BCUT2D eigenvalue weighted by Gasteiger charge is 2.22. The van der Waals surface area contributed by atoms with Crippen LogP contribution in [0.15, 0.2) is 64.6 Å². The molecule has 0 saturated carbocycles. The zero-order chi connectivity index (χ0) is 21.3. The molecule has 2 rings (SSSR count). The summed E-state index contributed by atoms with van der Waals surface area (Å²) in [6.45, 7) is 9.22. The van der Waals surface area contributed by atoms with E-state index in [1.165, 1.54) is 37.3 Å². The summed E-state index contributed by atoms with van der Waals surface area (Å²) in [5.74, 6) is -0.911. The molecular formula is C21H28FN3O3S. The van der Waals surface area contributed by atoms with Crippen molar-refractivity contribution >= 4 is 15.7 Å². The van der Waals surface area contributed by atoms with Gasteiger partial charge in [0.1, 0.15) is 5.82 Å². The van der Waals surface area contributed by atoms with Crippen molar-refractivity contribution in [3.05, 3.63) is 65.5 Å². The van der Waals surface area contributed by atoms with E-state index >= 15 is 0 Å². The first kappa shape index (κ1) is 23.0. The number of amides is 1. The van der Waals surface area contributed by atoms with E-state index in [9.17, 15) is 17.6 Å². The molecule has 1 amide bonds. The van der Waals surface area contributed by atoms with E-state index < -0.39 is 15.7 Å². The van der Waals surface area contributed by atoms with Gasteiger partial charge in [0.05, 0.1) is 9.80 Å². The predicted molar refractivity (Wildman–Crippen MR) is 112 cm³/mol.